The van der Waals surface area contributed by atoms with Gasteiger partial charge in [0, 0.05) is 19.0 Å². The molecule has 0 spiro atoms. The molecular weight excluding hydrogens is 356 g/mol. The van der Waals surface area contributed by atoms with Crippen molar-refractivity contribution >= 4 is 23.2 Å². The van der Waals surface area contributed by atoms with Crippen LogP contribution in [-0.4, -0.2) is 29.8 Å². The van der Waals surface area contributed by atoms with Crippen LogP contribution in [0.4, 0.5) is 0 Å². The van der Waals surface area contributed by atoms with Crippen molar-refractivity contribution in [1.29, 1.82) is 0 Å². The third-order valence-electron chi connectivity index (χ3n) is 6.24. The summed E-state index contributed by atoms with van der Waals surface area (Å²) in [6, 6.07) is 10.5. The molecule has 0 bridgehead atoms. The Labute approximate surface area is 164 Å². The quantitative estimate of drug-likeness (QED) is 0.854. The van der Waals surface area contributed by atoms with Crippen LogP contribution in [0.3, 0.4) is 0 Å². The van der Waals surface area contributed by atoms with Crippen LogP contribution in [0.25, 0.3) is 11.1 Å². The van der Waals surface area contributed by atoms with Crippen molar-refractivity contribution in [2.75, 3.05) is 13.1 Å². The van der Waals surface area contributed by atoms with Gasteiger partial charge in [-0.2, -0.15) is 11.3 Å². The molecule has 1 unspecified atom stereocenters. The third-order valence-corrected chi connectivity index (χ3v) is 6.93. The van der Waals surface area contributed by atoms with Crippen LogP contribution in [0.1, 0.15) is 37.7 Å². The van der Waals surface area contributed by atoms with E-state index < -0.39 is 5.41 Å². The Morgan fingerprint density at radius 2 is 1.85 bits per heavy atom. The summed E-state index contributed by atoms with van der Waals surface area (Å²) in [7, 11) is 0. The van der Waals surface area contributed by atoms with E-state index in [4.69, 9.17) is 5.73 Å². The number of primary amides is 1. The summed E-state index contributed by atoms with van der Waals surface area (Å²) in [4.78, 5) is 27.0. The van der Waals surface area contributed by atoms with E-state index in [2.05, 4.69) is 41.1 Å². The zero-order valence-electron chi connectivity index (χ0n) is 15.5. The average molecular weight is 383 g/mol. The Kier molecular flexibility index (Phi) is 5.04. The van der Waals surface area contributed by atoms with E-state index in [0.29, 0.717) is 25.9 Å². The van der Waals surface area contributed by atoms with Gasteiger partial charge in [0.05, 0.1) is 5.41 Å². The van der Waals surface area contributed by atoms with E-state index in [1.54, 1.807) is 11.3 Å². The summed E-state index contributed by atoms with van der Waals surface area (Å²) in [5, 5.41) is 4.20. The second-order valence-corrected chi connectivity index (χ2v) is 8.80. The van der Waals surface area contributed by atoms with Crippen LogP contribution in [0.5, 0.6) is 0 Å². The molecule has 1 aromatic heterocycles. The van der Waals surface area contributed by atoms with Crippen molar-refractivity contribution < 1.29 is 9.59 Å². The van der Waals surface area contributed by atoms with Gasteiger partial charge >= 0.3 is 0 Å². The first kappa shape index (κ1) is 18.2. The molecule has 4 nitrogen and oxygen atoms in total. The lowest BCUT2D eigenvalue weighted by molar-refractivity contribution is -0.135. The number of hydrogen-bond acceptors (Lipinski definition) is 3. The molecule has 4 rings (SSSR count). The molecular formula is C22H26N2O2S. The fraction of sp³-hybridized carbons (Fsp3) is 0.455. The fourth-order valence-electron chi connectivity index (χ4n) is 4.56. The second kappa shape index (κ2) is 7.47. The largest absolute Gasteiger partial charge is 0.369 e. The number of nitrogens with zero attached hydrogens (tertiary/aromatic N) is 1. The maximum atomic E-state index is 12.8. The van der Waals surface area contributed by atoms with Gasteiger partial charge in [0.15, 0.2) is 0 Å². The first-order valence-corrected chi connectivity index (χ1v) is 10.7. The van der Waals surface area contributed by atoms with Crippen molar-refractivity contribution in [3.8, 4) is 11.1 Å². The predicted molar refractivity (Wildman–Crippen MR) is 108 cm³/mol. The summed E-state index contributed by atoms with van der Waals surface area (Å²) >= 11 is 1.68. The molecule has 1 aliphatic heterocycles. The molecule has 1 atom stereocenters. The Morgan fingerprint density at radius 3 is 2.48 bits per heavy atom. The van der Waals surface area contributed by atoms with Crippen LogP contribution in [-0.2, 0) is 16.0 Å². The minimum absolute atomic E-state index is 0.151. The van der Waals surface area contributed by atoms with Gasteiger partial charge < -0.3 is 10.6 Å². The molecule has 1 aliphatic carbocycles. The number of nitrogens with two attached hydrogens (primary N) is 1. The van der Waals surface area contributed by atoms with Gasteiger partial charge in [-0.3, -0.25) is 9.59 Å². The van der Waals surface area contributed by atoms with Gasteiger partial charge in [0.1, 0.15) is 0 Å². The van der Waals surface area contributed by atoms with E-state index in [9.17, 15) is 9.59 Å². The van der Waals surface area contributed by atoms with Gasteiger partial charge in [-0.25, -0.2) is 0 Å². The maximum Gasteiger partial charge on any atom is 0.225 e. The smallest absolute Gasteiger partial charge is 0.225 e. The zero-order chi connectivity index (χ0) is 18.9. The zero-order valence-corrected chi connectivity index (χ0v) is 16.3. The molecule has 142 valence electrons. The van der Waals surface area contributed by atoms with E-state index in [-0.39, 0.29) is 17.7 Å². The number of amides is 2. The topological polar surface area (TPSA) is 63.4 Å². The second-order valence-electron chi connectivity index (χ2n) is 8.02. The molecule has 2 N–H and O–H groups in total. The molecule has 0 radical (unpaired) electrons. The Balaban J connectivity index is 1.48. The van der Waals surface area contributed by atoms with Gasteiger partial charge in [-0.05, 0) is 59.2 Å². The molecule has 5 heteroatoms. The minimum Gasteiger partial charge on any atom is -0.369 e. The number of hydrogen-bond donors (Lipinski definition) is 1. The van der Waals surface area contributed by atoms with Crippen LogP contribution in [0.2, 0.25) is 0 Å². The summed E-state index contributed by atoms with van der Waals surface area (Å²) in [5.74, 6) is 0.0909. The van der Waals surface area contributed by atoms with Gasteiger partial charge in [0.2, 0.25) is 11.8 Å². The summed E-state index contributed by atoms with van der Waals surface area (Å²) < 4.78 is 0. The van der Waals surface area contributed by atoms with Crippen LogP contribution in [0, 0.1) is 11.3 Å². The van der Waals surface area contributed by atoms with Crippen LogP contribution in [0.15, 0.2) is 41.1 Å². The number of rotatable bonds is 5. The van der Waals surface area contributed by atoms with Crippen molar-refractivity contribution in [3.05, 3.63) is 46.7 Å². The van der Waals surface area contributed by atoms with Crippen LogP contribution < -0.4 is 5.73 Å². The molecule has 1 aromatic carbocycles. The summed E-state index contributed by atoms with van der Waals surface area (Å²) in [6.07, 6.45) is 5.52. The van der Waals surface area contributed by atoms with Crippen molar-refractivity contribution in [2.45, 2.75) is 38.5 Å². The summed E-state index contributed by atoms with van der Waals surface area (Å²) in [5.41, 5.74) is 8.68. The molecule has 2 heterocycles. The van der Waals surface area contributed by atoms with E-state index in [0.717, 1.165) is 31.2 Å². The highest BCUT2D eigenvalue weighted by Crippen LogP contribution is 2.37. The monoisotopic (exact) mass is 382 g/mol. The molecule has 1 saturated carbocycles. The van der Waals surface area contributed by atoms with E-state index >= 15 is 0 Å². The molecule has 2 fully saturated rings. The standard InChI is InChI=1S/C22H26N2O2S/c23-21(26)22(10-11-24(15-22)20(25)18-3-1-2-4-18)13-16-5-7-17(8-6-16)19-9-12-27-14-19/h5-9,12,14,18H,1-4,10-11,13,15H2,(H2,23,26). The van der Waals surface area contributed by atoms with Gasteiger partial charge in [-0.15, -0.1) is 0 Å². The normalized spacial score (nSPS) is 23.0. The lowest BCUT2D eigenvalue weighted by atomic mass is 9.80. The molecule has 2 aromatic rings. The van der Waals surface area contributed by atoms with Gasteiger partial charge in [0.25, 0.3) is 0 Å². The van der Waals surface area contributed by atoms with Crippen molar-refractivity contribution in [3.63, 3.8) is 0 Å². The van der Waals surface area contributed by atoms with E-state index in [1.165, 1.54) is 11.1 Å². The molecule has 2 amide bonds. The van der Waals surface area contributed by atoms with E-state index in [1.807, 2.05) is 4.90 Å². The number of benzene rings is 1. The highest BCUT2D eigenvalue weighted by atomic mass is 32.1. The summed E-state index contributed by atoms with van der Waals surface area (Å²) in [6.45, 7) is 1.11. The first-order valence-electron chi connectivity index (χ1n) is 9.78. The number of likely N-dealkylation sites (tertiary alicyclic amines) is 1. The first-order chi connectivity index (χ1) is 13.1. The number of carbonyl (C=O) groups is 2. The third kappa shape index (κ3) is 3.65. The number of carbonyl (C=O) groups excluding carboxylic acids is 2. The molecule has 2 aliphatic rings. The van der Waals surface area contributed by atoms with Gasteiger partial charge in [-0.1, -0.05) is 37.1 Å². The fourth-order valence-corrected chi connectivity index (χ4v) is 5.22. The highest BCUT2D eigenvalue weighted by molar-refractivity contribution is 7.08. The van der Waals surface area contributed by atoms with Crippen molar-refractivity contribution in [1.82, 2.24) is 4.90 Å². The van der Waals surface area contributed by atoms with Crippen molar-refractivity contribution in [2.24, 2.45) is 17.1 Å². The SMILES string of the molecule is NC(=O)C1(Cc2ccc(-c3ccsc3)cc2)CCN(C(=O)C2CCCC2)C1. The maximum absolute atomic E-state index is 12.8. The molecule has 1 saturated heterocycles. The minimum atomic E-state index is -0.641. The average Bonchev–Trinajstić information content (AvgIpc) is 3.43. The predicted octanol–water partition coefficient (Wildman–Crippen LogP) is 3.85. The number of thiophene rings is 1. The Hall–Kier alpha value is -2.14. The lowest BCUT2D eigenvalue weighted by Gasteiger charge is -2.27. The van der Waals surface area contributed by atoms with Crippen LogP contribution >= 0.6 is 11.3 Å². The highest BCUT2D eigenvalue weighted by Gasteiger charge is 2.45. The lowest BCUT2D eigenvalue weighted by Crippen LogP contribution is -2.43. The Morgan fingerprint density at radius 1 is 1.11 bits per heavy atom. The molecule has 27 heavy (non-hydrogen) atoms. The Bertz CT molecular complexity index is 809.